The number of hydrogen-bond donors (Lipinski definition) is 5. The number of methoxy groups -OCH3 is 2. The van der Waals surface area contributed by atoms with Crippen molar-refractivity contribution in [3.8, 4) is 17.2 Å². The van der Waals surface area contributed by atoms with Crippen LogP contribution in [0.15, 0.2) is 12.1 Å². The van der Waals surface area contributed by atoms with E-state index in [-0.39, 0.29) is 46.4 Å². The van der Waals surface area contributed by atoms with Gasteiger partial charge in [-0.25, -0.2) is 0 Å². The van der Waals surface area contributed by atoms with Crippen LogP contribution in [0.5, 0.6) is 17.2 Å². The molecule has 2 aromatic carbocycles. The van der Waals surface area contributed by atoms with Crippen molar-refractivity contribution < 1.29 is 54.1 Å². The number of fused-ring (bicyclic) bond motifs is 3. The molecule has 0 spiro atoms. The monoisotopic (exact) mass is 544 g/mol. The summed E-state index contributed by atoms with van der Waals surface area (Å²) in [4.78, 5) is 27.3. The van der Waals surface area contributed by atoms with Gasteiger partial charge in [0.1, 0.15) is 35.6 Å². The summed E-state index contributed by atoms with van der Waals surface area (Å²) in [6, 6.07) is 3.09. The van der Waals surface area contributed by atoms with Gasteiger partial charge in [0.05, 0.1) is 41.6 Å². The van der Waals surface area contributed by atoms with Gasteiger partial charge < -0.3 is 44.5 Å². The topological polar surface area (TPSA) is 172 Å². The Morgan fingerprint density at radius 1 is 1.00 bits per heavy atom. The van der Waals surface area contributed by atoms with Gasteiger partial charge in [-0.1, -0.05) is 6.07 Å². The Hall–Kier alpha value is -3.06. The van der Waals surface area contributed by atoms with Crippen molar-refractivity contribution in [3.05, 3.63) is 51.1 Å². The lowest BCUT2D eigenvalue weighted by Crippen LogP contribution is -2.58. The largest absolute Gasteiger partial charge is 0.507 e. The second-order valence-electron chi connectivity index (χ2n) is 10.7. The van der Waals surface area contributed by atoms with Gasteiger partial charge in [0.25, 0.3) is 0 Å². The van der Waals surface area contributed by atoms with E-state index in [2.05, 4.69) is 0 Å². The average molecular weight is 545 g/mol. The third-order valence-electron chi connectivity index (χ3n) is 7.93. The van der Waals surface area contributed by atoms with E-state index in [0.29, 0.717) is 5.56 Å². The molecule has 11 nitrogen and oxygen atoms in total. The summed E-state index contributed by atoms with van der Waals surface area (Å²) in [5.41, 5.74) is -1.58. The van der Waals surface area contributed by atoms with Crippen LogP contribution in [0.25, 0.3) is 0 Å². The number of benzene rings is 2. The van der Waals surface area contributed by atoms with E-state index < -0.39 is 71.0 Å². The summed E-state index contributed by atoms with van der Waals surface area (Å²) in [5, 5.41) is 55.1. The van der Waals surface area contributed by atoms with E-state index in [4.69, 9.17) is 18.9 Å². The Kier molecular flexibility index (Phi) is 6.73. The van der Waals surface area contributed by atoms with Gasteiger partial charge in [0.2, 0.25) is 5.78 Å². The Morgan fingerprint density at radius 2 is 1.67 bits per heavy atom. The molecule has 1 heterocycles. The maximum absolute atomic E-state index is 13.8. The fourth-order valence-electron chi connectivity index (χ4n) is 6.01. The number of ether oxygens (including phenoxy) is 4. The molecule has 2 aromatic rings. The highest BCUT2D eigenvalue weighted by atomic mass is 16.7. The molecule has 5 rings (SSSR count). The summed E-state index contributed by atoms with van der Waals surface area (Å²) in [6.07, 6.45) is -7.19. The lowest BCUT2D eigenvalue weighted by atomic mass is 9.73. The fraction of sp³-hybridized carbons (Fsp3) is 0.500. The molecule has 39 heavy (non-hydrogen) atoms. The molecule has 1 fully saturated rings. The highest BCUT2D eigenvalue weighted by molar-refractivity contribution is 6.31. The predicted molar refractivity (Wildman–Crippen MR) is 134 cm³/mol. The number of aliphatic hydroxyl groups is 3. The highest BCUT2D eigenvalue weighted by Crippen LogP contribution is 2.52. The summed E-state index contributed by atoms with van der Waals surface area (Å²) >= 11 is 0. The van der Waals surface area contributed by atoms with Crippen LogP contribution in [-0.4, -0.2) is 87.6 Å². The minimum atomic E-state index is -1.46. The Balaban J connectivity index is 1.66. The molecule has 3 aliphatic rings. The van der Waals surface area contributed by atoms with Crippen molar-refractivity contribution in [2.24, 2.45) is 0 Å². The van der Waals surface area contributed by atoms with Crippen molar-refractivity contribution in [1.82, 2.24) is 0 Å². The molecule has 5 N–H and O–H groups in total. The number of ketones is 2. The van der Waals surface area contributed by atoms with Gasteiger partial charge in [-0.2, -0.15) is 0 Å². The number of carbonyl (C=O) groups is 2. The third-order valence-corrected chi connectivity index (χ3v) is 7.93. The summed E-state index contributed by atoms with van der Waals surface area (Å²) in [5.74, 6) is -2.32. The van der Waals surface area contributed by atoms with Gasteiger partial charge >= 0.3 is 0 Å². The number of phenols is 2. The van der Waals surface area contributed by atoms with Crippen LogP contribution < -0.4 is 4.74 Å². The van der Waals surface area contributed by atoms with Crippen LogP contribution >= 0.6 is 0 Å². The Morgan fingerprint density at radius 3 is 2.31 bits per heavy atom. The molecular formula is C28H32O11. The summed E-state index contributed by atoms with van der Waals surface area (Å²) in [7, 11) is 2.69. The van der Waals surface area contributed by atoms with E-state index in [0.717, 1.165) is 0 Å². The van der Waals surface area contributed by atoms with E-state index in [1.54, 1.807) is 19.9 Å². The molecule has 0 aromatic heterocycles. The van der Waals surface area contributed by atoms with Crippen LogP contribution in [0.2, 0.25) is 0 Å². The van der Waals surface area contributed by atoms with Gasteiger partial charge in [0.15, 0.2) is 12.1 Å². The van der Waals surface area contributed by atoms with Gasteiger partial charge in [-0.15, -0.1) is 0 Å². The molecular weight excluding hydrogens is 512 g/mol. The third kappa shape index (κ3) is 4.12. The first-order valence-corrected chi connectivity index (χ1v) is 12.6. The van der Waals surface area contributed by atoms with Crippen molar-refractivity contribution in [1.29, 1.82) is 0 Å². The zero-order chi connectivity index (χ0) is 28.5. The van der Waals surface area contributed by atoms with Crippen LogP contribution in [0.4, 0.5) is 0 Å². The molecule has 2 aliphatic carbocycles. The van der Waals surface area contributed by atoms with Gasteiger partial charge in [-0.05, 0) is 32.4 Å². The zero-order valence-corrected chi connectivity index (χ0v) is 22.2. The molecule has 0 amide bonds. The van der Waals surface area contributed by atoms with E-state index >= 15 is 0 Å². The minimum Gasteiger partial charge on any atom is -0.507 e. The number of rotatable bonds is 4. The normalized spacial score (nSPS) is 31.9. The second-order valence-corrected chi connectivity index (χ2v) is 10.7. The smallest absolute Gasteiger partial charge is 0.202 e. The summed E-state index contributed by atoms with van der Waals surface area (Å²) < 4.78 is 22.4. The number of hydrogen-bond acceptors (Lipinski definition) is 11. The van der Waals surface area contributed by atoms with Crippen molar-refractivity contribution >= 4 is 11.6 Å². The van der Waals surface area contributed by atoms with Crippen LogP contribution in [-0.2, 0) is 20.6 Å². The van der Waals surface area contributed by atoms with Crippen LogP contribution in [0, 0.1) is 6.92 Å². The SMILES string of the molecule is COc1c(C)ccc2c1C(=O)c1c(O)c3c(c(O)c1C2=O)CC(C)(O)CC3OC1OC(C)C(O)C(OC)C1O. The molecule has 7 atom stereocenters. The van der Waals surface area contributed by atoms with Crippen LogP contribution in [0.3, 0.4) is 0 Å². The molecule has 0 bridgehead atoms. The number of aromatic hydroxyl groups is 2. The minimum absolute atomic E-state index is 0.00228. The molecule has 0 radical (unpaired) electrons. The lowest BCUT2D eigenvalue weighted by Gasteiger charge is -2.44. The Labute approximate surface area is 224 Å². The average Bonchev–Trinajstić information content (AvgIpc) is 2.87. The molecule has 1 saturated heterocycles. The van der Waals surface area contributed by atoms with Crippen molar-refractivity contribution in [3.63, 3.8) is 0 Å². The maximum Gasteiger partial charge on any atom is 0.202 e. The maximum atomic E-state index is 13.8. The Bertz CT molecular complexity index is 1360. The molecule has 7 unspecified atom stereocenters. The first-order chi connectivity index (χ1) is 18.3. The molecule has 210 valence electrons. The molecule has 1 aliphatic heterocycles. The van der Waals surface area contributed by atoms with Crippen LogP contribution in [0.1, 0.15) is 74.9 Å². The fourth-order valence-corrected chi connectivity index (χ4v) is 6.01. The number of carbonyl (C=O) groups excluding carboxylic acids is 2. The lowest BCUT2D eigenvalue weighted by molar-refractivity contribution is -0.311. The number of phenolic OH excluding ortho intramolecular Hbond substituents is 2. The predicted octanol–water partition coefficient (Wildman–Crippen LogP) is 1.43. The van der Waals surface area contributed by atoms with Gasteiger partial charge in [0, 0.05) is 36.6 Å². The summed E-state index contributed by atoms with van der Waals surface area (Å²) in [6.45, 7) is 4.78. The number of aliphatic hydroxyl groups excluding tert-OH is 2. The molecule has 0 saturated carbocycles. The number of aryl methyl sites for hydroxylation is 1. The van der Waals surface area contributed by atoms with E-state index in [1.807, 2.05) is 0 Å². The zero-order valence-electron chi connectivity index (χ0n) is 22.2. The van der Waals surface area contributed by atoms with Crippen molar-refractivity contribution in [2.45, 2.75) is 76.0 Å². The second kappa shape index (κ2) is 9.54. The first-order valence-electron chi connectivity index (χ1n) is 12.6. The van der Waals surface area contributed by atoms with E-state index in [9.17, 15) is 35.1 Å². The van der Waals surface area contributed by atoms with Crippen molar-refractivity contribution in [2.75, 3.05) is 14.2 Å². The van der Waals surface area contributed by atoms with Gasteiger partial charge in [-0.3, -0.25) is 9.59 Å². The molecule has 11 heteroatoms. The first kappa shape index (κ1) is 27.5. The highest BCUT2D eigenvalue weighted by Gasteiger charge is 2.49. The van der Waals surface area contributed by atoms with E-state index in [1.165, 1.54) is 27.2 Å². The standard InChI is InChI=1S/C28H32O11/c1-10-6-7-12-16(25(10)36-4)23(33)18-17(20(12)30)21(31)13-8-28(3,35)9-14(15(13)22(18)32)39-27-24(34)26(37-5)19(29)11(2)38-27/h6-7,11,14,19,24,26-27,29,31-32,34-35H,8-9H2,1-5H3. The quantitative estimate of drug-likeness (QED) is 0.301.